The minimum absolute atomic E-state index is 0.0655. The van der Waals surface area contributed by atoms with Gasteiger partial charge in [-0.1, -0.05) is 104 Å². The van der Waals surface area contributed by atoms with Crippen LogP contribution in [0.15, 0.2) is 109 Å². The molecule has 3 atom stereocenters. The molecule has 2 N–H and O–H groups in total. The van der Waals surface area contributed by atoms with Crippen LogP contribution in [0.1, 0.15) is 35.7 Å². The van der Waals surface area contributed by atoms with Gasteiger partial charge in [-0.2, -0.15) is 0 Å². The number of ether oxygens (including phenoxy) is 1. The molecule has 34 heavy (non-hydrogen) atoms. The summed E-state index contributed by atoms with van der Waals surface area (Å²) < 4.78 is 5.58. The first-order chi connectivity index (χ1) is 16.7. The van der Waals surface area contributed by atoms with Crippen molar-refractivity contribution in [1.29, 1.82) is 0 Å². The van der Waals surface area contributed by atoms with Gasteiger partial charge in [-0.15, -0.1) is 0 Å². The van der Waals surface area contributed by atoms with E-state index in [2.05, 4.69) is 60.0 Å². The summed E-state index contributed by atoms with van der Waals surface area (Å²) in [5.41, 5.74) is 6.52. The minimum atomic E-state index is -0.412. The quantitative estimate of drug-likeness (QED) is 0.342. The van der Waals surface area contributed by atoms with Crippen molar-refractivity contribution in [3.05, 3.63) is 126 Å². The van der Waals surface area contributed by atoms with E-state index in [9.17, 15) is 4.79 Å². The maximum atomic E-state index is 12.9. The topological polar surface area (TPSA) is 50.4 Å². The number of hydrogen-bond donors (Lipinski definition) is 2. The third kappa shape index (κ3) is 4.67. The average Bonchev–Trinajstić information content (AvgIpc) is 2.90. The second-order valence-electron chi connectivity index (χ2n) is 8.74. The van der Waals surface area contributed by atoms with Crippen molar-refractivity contribution >= 4 is 11.8 Å². The van der Waals surface area contributed by atoms with Gasteiger partial charge in [-0.05, 0) is 39.9 Å². The number of benzene rings is 4. The van der Waals surface area contributed by atoms with Gasteiger partial charge in [-0.25, -0.2) is 4.79 Å². The average molecular weight is 449 g/mol. The molecule has 0 saturated heterocycles. The molecule has 0 spiro atoms. The maximum absolute atomic E-state index is 12.9. The number of anilines is 1. The lowest BCUT2D eigenvalue weighted by Crippen LogP contribution is -2.40. The van der Waals surface area contributed by atoms with E-state index in [-0.39, 0.29) is 24.6 Å². The number of fused-ring (bicyclic) bond motifs is 1. The third-order valence-electron chi connectivity index (χ3n) is 6.50. The van der Waals surface area contributed by atoms with Gasteiger partial charge in [0.1, 0.15) is 6.61 Å². The van der Waals surface area contributed by atoms with Crippen LogP contribution in [0.3, 0.4) is 0 Å². The lowest BCUT2D eigenvalue weighted by molar-refractivity contribution is 0.130. The lowest BCUT2D eigenvalue weighted by atomic mass is 9.80. The summed E-state index contributed by atoms with van der Waals surface area (Å²) >= 11 is 0. The number of nitrogens with one attached hydrogen (secondary N) is 2. The second kappa shape index (κ2) is 9.84. The molecule has 4 aromatic rings. The normalized spacial score (nSPS) is 18.9. The Morgan fingerprint density at radius 1 is 0.824 bits per heavy atom. The first kappa shape index (κ1) is 21.8. The zero-order valence-electron chi connectivity index (χ0n) is 19.1. The predicted octanol–water partition coefficient (Wildman–Crippen LogP) is 7.12. The van der Waals surface area contributed by atoms with Crippen LogP contribution in [0, 0.1) is 5.92 Å². The Bertz CT molecular complexity index is 1240. The zero-order valence-corrected chi connectivity index (χ0v) is 19.1. The summed E-state index contributed by atoms with van der Waals surface area (Å²) in [5.74, 6) is 0.102. The van der Waals surface area contributed by atoms with Gasteiger partial charge in [0.25, 0.3) is 0 Å². The molecule has 0 saturated carbocycles. The third-order valence-corrected chi connectivity index (χ3v) is 6.50. The van der Waals surface area contributed by atoms with Gasteiger partial charge in [0.05, 0.1) is 12.1 Å². The Morgan fingerprint density at radius 2 is 1.47 bits per heavy atom. The molecule has 0 radical (unpaired) electrons. The largest absolute Gasteiger partial charge is 0.445 e. The van der Waals surface area contributed by atoms with Crippen LogP contribution < -0.4 is 10.6 Å². The number of carbonyl (C=O) groups is 1. The van der Waals surface area contributed by atoms with Crippen LogP contribution in [0.4, 0.5) is 10.5 Å². The SMILES string of the molecule is C[C@@H]1[C@@H](c2ccccc2)Nc2ccc(-c3ccccc3)cc2[C@H]1NC(=O)OCc1ccccc1. The first-order valence-corrected chi connectivity index (χ1v) is 11.7. The van der Waals surface area contributed by atoms with E-state index in [0.29, 0.717) is 0 Å². The molecule has 0 aromatic heterocycles. The summed E-state index contributed by atoms with van der Waals surface area (Å²) in [6.45, 7) is 2.41. The molecule has 170 valence electrons. The van der Waals surface area contributed by atoms with Gasteiger partial charge in [0, 0.05) is 11.6 Å². The van der Waals surface area contributed by atoms with Crippen molar-refractivity contribution in [2.45, 2.75) is 25.6 Å². The van der Waals surface area contributed by atoms with Crippen molar-refractivity contribution in [2.75, 3.05) is 5.32 Å². The molecule has 4 heteroatoms. The summed E-state index contributed by atoms with van der Waals surface area (Å²) in [6.07, 6.45) is -0.412. The molecule has 0 fully saturated rings. The Morgan fingerprint density at radius 3 is 2.18 bits per heavy atom. The van der Waals surface area contributed by atoms with Crippen LogP contribution in [-0.2, 0) is 11.3 Å². The molecule has 1 heterocycles. The molecule has 0 bridgehead atoms. The molecule has 1 aliphatic heterocycles. The van der Waals surface area contributed by atoms with E-state index in [4.69, 9.17) is 4.74 Å². The van der Waals surface area contributed by atoms with Crippen molar-refractivity contribution in [1.82, 2.24) is 5.32 Å². The maximum Gasteiger partial charge on any atom is 0.407 e. The fourth-order valence-corrected chi connectivity index (χ4v) is 4.68. The Balaban J connectivity index is 1.45. The van der Waals surface area contributed by atoms with Gasteiger partial charge >= 0.3 is 6.09 Å². The van der Waals surface area contributed by atoms with E-state index in [1.165, 1.54) is 5.56 Å². The highest BCUT2D eigenvalue weighted by molar-refractivity contribution is 5.73. The molecule has 4 aromatic carbocycles. The fraction of sp³-hybridized carbons (Fsp3) is 0.167. The van der Waals surface area contributed by atoms with Crippen molar-refractivity contribution in [3.63, 3.8) is 0 Å². The van der Waals surface area contributed by atoms with Crippen LogP contribution in [0.25, 0.3) is 11.1 Å². The standard InChI is InChI=1S/C30H28N2O2/c1-21-28(24-15-9-4-10-16-24)31-27-18-17-25(23-13-7-3-8-14-23)19-26(27)29(21)32-30(33)34-20-22-11-5-2-6-12-22/h2-19,21,28-29,31H,20H2,1H3,(H,32,33)/t21-,28+,29+/m1/s1. The Kier molecular flexibility index (Phi) is 6.30. The number of carbonyl (C=O) groups excluding carboxylic acids is 1. The Hall–Kier alpha value is -4.05. The fourth-order valence-electron chi connectivity index (χ4n) is 4.68. The minimum Gasteiger partial charge on any atom is -0.445 e. The second-order valence-corrected chi connectivity index (χ2v) is 8.74. The molecule has 0 aliphatic carbocycles. The molecule has 1 aliphatic rings. The molecular weight excluding hydrogens is 420 g/mol. The highest BCUT2D eigenvalue weighted by atomic mass is 16.5. The number of rotatable bonds is 5. The smallest absolute Gasteiger partial charge is 0.407 e. The summed E-state index contributed by atoms with van der Waals surface area (Å²) in [4.78, 5) is 12.9. The van der Waals surface area contributed by atoms with Crippen molar-refractivity contribution in [2.24, 2.45) is 5.92 Å². The van der Waals surface area contributed by atoms with E-state index in [1.807, 2.05) is 66.7 Å². The number of hydrogen-bond acceptors (Lipinski definition) is 3. The van der Waals surface area contributed by atoms with Crippen LogP contribution >= 0.6 is 0 Å². The molecule has 4 nitrogen and oxygen atoms in total. The summed E-state index contributed by atoms with van der Waals surface area (Å²) in [6, 6.07) is 36.7. The van der Waals surface area contributed by atoms with Crippen molar-refractivity contribution in [3.8, 4) is 11.1 Å². The van der Waals surface area contributed by atoms with Crippen LogP contribution in [0.2, 0.25) is 0 Å². The van der Waals surface area contributed by atoms with E-state index in [0.717, 1.165) is 27.9 Å². The lowest BCUT2D eigenvalue weighted by Gasteiger charge is -2.39. The van der Waals surface area contributed by atoms with E-state index < -0.39 is 6.09 Å². The zero-order chi connectivity index (χ0) is 23.3. The molecule has 5 rings (SSSR count). The molecule has 1 amide bonds. The monoisotopic (exact) mass is 448 g/mol. The van der Waals surface area contributed by atoms with Gasteiger partial charge in [-0.3, -0.25) is 0 Å². The van der Waals surface area contributed by atoms with Gasteiger partial charge in [0.2, 0.25) is 0 Å². The molecular formula is C30H28N2O2. The Labute approximate surface area is 200 Å². The predicted molar refractivity (Wildman–Crippen MR) is 136 cm³/mol. The van der Waals surface area contributed by atoms with Crippen molar-refractivity contribution < 1.29 is 9.53 Å². The molecule has 0 unspecified atom stereocenters. The highest BCUT2D eigenvalue weighted by Gasteiger charge is 2.36. The van der Waals surface area contributed by atoms with E-state index in [1.54, 1.807) is 0 Å². The summed E-state index contributed by atoms with van der Waals surface area (Å²) in [7, 11) is 0. The van der Waals surface area contributed by atoms with Gasteiger partial charge < -0.3 is 15.4 Å². The van der Waals surface area contributed by atoms with Crippen LogP contribution in [-0.4, -0.2) is 6.09 Å². The number of alkyl carbamates (subject to hydrolysis) is 1. The van der Waals surface area contributed by atoms with Crippen LogP contribution in [0.5, 0.6) is 0 Å². The highest BCUT2D eigenvalue weighted by Crippen LogP contribution is 2.44. The first-order valence-electron chi connectivity index (χ1n) is 11.7. The summed E-state index contributed by atoms with van der Waals surface area (Å²) in [5, 5.41) is 6.88. The van der Waals surface area contributed by atoms with E-state index >= 15 is 0 Å². The number of amides is 1. The van der Waals surface area contributed by atoms with Gasteiger partial charge in [0.15, 0.2) is 0 Å².